The number of aliphatic carboxylic acids is 2. The van der Waals surface area contributed by atoms with E-state index in [1.165, 1.54) is 18.7 Å². The van der Waals surface area contributed by atoms with Crippen LogP contribution in [-0.4, -0.2) is 76.6 Å². The van der Waals surface area contributed by atoms with Crippen molar-refractivity contribution in [3.05, 3.63) is 0 Å². The molecule has 0 bridgehead atoms. The van der Waals surface area contributed by atoms with Crippen LogP contribution in [0.15, 0.2) is 0 Å². The lowest BCUT2D eigenvalue weighted by Gasteiger charge is -2.17. The van der Waals surface area contributed by atoms with E-state index < -0.39 is 60.8 Å². The fourth-order valence-electron chi connectivity index (χ4n) is 1.70. The van der Waals surface area contributed by atoms with E-state index in [9.17, 15) is 24.0 Å². The van der Waals surface area contributed by atoms with Crippen LogP contribution in [0.25, 0.3) is 0 Å². The minimum absolute atomic E-state index is 0.448. The lowest BCUT2D eigenvalue weighted by atomic mass is 10.2. The first-order chi connectivity index (χ1) is 12.1. The van der Waals surface area contributed by atoms with Crippen LogP contribution in [0.3, 0.4) is 0 Å². The summed E-state index contributed by atoms with van der Waals surface area (Å²) in [6.45, 7) is 0.831. The predicted octanol–water partition coefficient (Wildman–Crippen LogP) is -2.27. The average molecular weight is 392 g/mol. The molecule has 0 heterocycles. The third-order valence-corrected chi connectivity index (χ3v) is 3.80. The van der Waals surface area contributed by atoms with Crippen molar-refractivity contribution in [3.63, 3.8) is 0 Å². The van der Waals surface area contributed by atoms with Gasteiger partial charge in [0.2, 0.25) is 17.7 Å². The maximum atomic E-state index is 11.9. The van der Waals surface area contributed by atoms with E-state index in [0.717, 1.165) is 0 Å². The first-order valence-electron chi connectivity index (χ1n) is 7.65. The molecule has 148 valence electrons. The summed E-state index contributed by atoms with van der Waals surface area (Å²) in [5.41, 5.74) is 5.67. The van der Waals surface area contributed by atoms with E-state index in [-0.39, 0.29) is 0 Å². The van der Waals surface area contributed by atoms with Gasteiger partial charge in [0, 0.05) is 0 Å². The number of hydrogen-bond donors (Lipinski definition) is 6. The van der Waals surface area contributed by atoms with Crippen LogP contribution in [0.2, 0.25) is 0 Å². The third kappa shape index (κ3) is 9.84. The highest BCUT2D eigenvalue weighted by Crippen LogP contribution is 1.99. The van der Waals surface area contributed by atoms with Crippen molar-refractivity contribution >= 4 is 41.4 Å². The number of rotatable bonds is 12. The lowest BCUT2D eigenvalue weighted by Crippen LogP contribution is -2.52. The second-order valence-electron chi connectivity index (χ2n) is 5.39. The molecule has 0 aliphatic rings. The number of carboxylic acid groups (broad SMARTS) is 2. The van der Waals surface area contributed by atoms with Crippen LogP contribution in [-0.2, 0) is 24.0 Å². The van der Waals surface area contributed by atoms with Gasteiger partial charge in [-0.2, -0.15) is 11.8 Å². The van der Waals surface area contributed by atoms with Gasteiger partial charge in [0.25, 0.3) is 0 Å². The highest BCUT2D eigenvalue weighted by atomic mass is 32.2. The Hall–Kier alpha value is -2.34. The smallest absolute Gasteiger partial charge is 0.326 e. The first-order valence-corrected chi connectivity index (χ1v) is 9.04. The van der Waals surface area contributed by atoms with E-state index >= 15 is 0 Å². The number of carbonyl (C=O) groups excluding carboxylic acids is 3. The summed E-state index contributed by atoms with van der Waals surface area (Å²) in [5.74, 6) is -4.25. The first kappa shape index (κ1) is 23.7. The van der Waals surface area contributed by atoms with Gasteiger partial charge in [-0.3, -0.25) is 19.2 Å². The summed E-state index contributed by atoms with van der Waals surface area (Å²) in [6.07, 6.45) is 1.52. The number of hydrogen-bond acceptors (Lipinski definition) is 7. The van der Waals surface area contributed by atoms with Crippen molar-refractivity contribution in [2.45, 2.75) is 37.9 Å². The Kier molecular flexibility index (Phi) is 11.0. The van der Waals surface area contributed by atoms with Crippen LogP contribution in [0.5, 0.6) is 0 Å². The van der Waals surface area contributed by atoms with Crippen molar-refractivity contribution in [2.24, 2.45) is 5.73 Å². The van der Waals surface area contributed by atoms with Gasteiger partial charge in [-0.25, -0.2) is 4.79 Å². The summed E-state index contributed by atoms with van der Waals surface area (Å²) in [4.78, 5) is 56.7. The van der Waals surface area contributed by atoms with Crippen molar-refractivity contribution in [1.29, 1.82) is 0 Å². The van der Waals surface area contributed by atoms with Crippen LogP contribution < -0.4 is 21.7 Å². The zero-order valence-electron chi connectivity index (χ0n) is 14.5. The molecule has 0 saturated carbocycles. The molecule has 3 unspecified atom stereocenters. The molecule has 0 aromatic heterocycles. The molecule has 7 N–H and O–H groups in total. The molecule has 26 heavy (non-hydrogen) atoms. The fourth-order valence-corrected chi connectivity index (χ4v) is 2.19. The maximum Gasteiger partial charge on any atom is 0.326 e. The van der Waals surface area contributed by atoms with E-state index in [1.807, 2.05) is 11.6 Å². The largest absolute Gasteiger partial charge is 0.481 e. The molecule has 11 nitrogen and oxygen atoms in total. The summed E-state index contributed by atoms with van der Waals surface area (Å²) >= 11 is 1.53. The minimum Gasteiger partial charge on any atom is -0.481 e. The Morgan fingerprint density at radius 2 is 1.69 bits per heavy atom. The van der Waals surface area contributed by atoms with Crippen molar-refractivity contribution in [3.8, 4) is 0 Å². The molecular weight excluding hydrogens is 368 g/mol. The number of carboxylic acids is 2. The van der Waals surface area contributed by atoms with E-state index in [0.29, 0.717) is 12.2 Å². The van der Waals surface area contributed by atoms with Crippen molar-refractivity contribution in [2.75, 3.05) is 18.6 Å². The predicted molar refractivity (Wildman–Crippen MR) is 93.4 cm³/mol. The molecule has 0 aromatic rings. The summed E-state index contributed by atoms with van der Waals surface area (Å²) in [6, 6.07) is -3.32. The van der Waals surface area contributed by atoms with Gasteiger partial charge >= 0.3 is 11.9 Å². The molecule has 0 saturated heterocycles. The molecule has 0 aliphatic heterocycles. The minimum atomic E-state index is -1.61. The zero-order chi connectivity index (χ0) is 20.3. The quantitative estimate of drug-likeness (QED) is 0.213. The monoisotopic (exact) mass is 392 g/mol. The Morgan fingerprint density at radius 3 is 2.19 bits per heavy atom. The molecule has 0 radical (unpaired) electrons. The van der Waals surface area contributed by atoms with E-state index in [1.54, 1.807) is 0 Å². The Morgan fingerprint density at radius 1 is 1.08 bits per heavy atom. The number of thioether (sulfide) groups is 1. The standard InChI is InChI=1S/C14H24N4O7S/c1-7(17-13(23)8(15)3-4-26-2)12(22)16-6-10(19)18-9(14(24)25)5-11(20)21/h7-9H,3-6,15H2,1-2H3,(H,16,22)(H,17,23)(H,18,19)(H,20,21)(H,24,25). The molecule has 0 aliphatic carbocycles. The normalized spacial score (nSPS) is 13.8. The summed E-state index contributed by atoms with van der Waals surface area (Å²) < 4.78 is 0. The molecule has 0 fully saturated rings. The van der Waals surface area contributed by atoms with Gasteiger partial charge in [0.1, 0.15) is 12.1 Å². The highest BCUT2D eigenvalue weighted by Gasteiger charge is 2.24. The van der Waals surface area contributed by atoms with Gasteiger partial charge in [-0.15, -0.1) is 0 Å². The number of carbonyl (C=O) groups is 5. The Bertz CT molecular complexity index is 543. The van der Waals surface area contributed by atoms with Gasteiger partial charge in [-0.1, -0.05) is 0 Å². The molecule has 0 aromatic carbocycles. The SMILES string of the molecule is CSCCC(N)C(=O)NC(C)C(=O)NCC(=O)NC(CC(=O)O)C(=O)O. The van der Waals surface area contributed by atoms with Crippen LogP contribution in [0.1, 0.15) is 19.8 Å². The van der Waals surface area contributed by atoms with Crippen LogP contribution in [0, 0.1) is 0 Å². The second kappa shape index (κ2) is 12.1. The second-order valence-corrected chi connectivity index (χ2v) is 6.38. The molecule has 12 heteroatoms. The van der Waals surface area contributed by atoms with Gasteiger partial charge in [-0.05, 0) is 25.4 Å². The summed E-state index contributed by atoms with van der Waals surface area (Å²) in [5, 5.41) is 24.0. The molecular formula is C14H24N4O7S. The Balaban J connectivity index is 4.37. The third-order valence-electron chi connectivity index (χ3n) is 3.16. The van der Waals surface area contributed by atoms with Crippen molar-refractivity contribution in [1.82, 2.24) is 16.0 Å². The molecule has 0 rings (SSSR count). The van der Waals surface area contributed by atoms with Crippen LogP contribution >= 0.6 is 11.8 Å². The number of amides is 3. The highest BCUT2D eigenvalue weighted by molar-refractivity contribution is 7.98. The number of nitrogens with one attached hydrogen (secondary N) is 3. The molecule has 3 amide bonds. The molecule has 0 spiro atoms. The number of nitrogens with two attached hydrogens (primary N) is 1. The fraction of sp³-hybridized carbons (Fsp3) is 0.643. The van der Waals surface area contributed by atoms with Gasteiger partial charge in [0.05, 0.1) is 19.0 Å². The van der Waals surface area contributed by atoms with Crippen molar-refractivity contribution < 1.29 is 34.2 Å². The lowest BCUT2D eigenvalue weighted by molar-refractivity contribution is -0.147. The van der Waals surface area contributed by atoms with Gasteiger partial charge < -0.3 is 31.9 Å². The maximum absolute atomic E-state index is 11.9. The average Bonchev–Trinajstić information content (AvgIpc) is 2.56. The molecule has 3 atom stereocenters. The zero-order valence-corrected chi connectivity index (χ0v) is 15.3. The topological polar surface area (TPSA) is 188 Å². The van der Waals surface area contributed by atoms with Gasteiger partial charge in [0.15, 0.2) is 0 Å². The van der Waals surface area contributed by atoms with Crippen LogP contribution in [0.4, 0.5) is 0 Å². The van der Waals surface area contributed by atoms with E-state index in [4.69, 9.17) is 15.9 Å². The Labute approximate surface area is 154 Å². The van der Waals surface area contributed by atoms with E-state index in [2.05, 4.69) is 10.6 Å². The summed E-state index contributed by atoms with van der Waals surface area (Å²) in [7, 11) is 0.